The molecule has 3 rings (SSSR count). The van der Waals surface area contributed by atoms with Gasteiger partial charge >= 0.3 is 19.2 Å². The molecule has 0 bridgehead atoms. The Kier molecular flexibility index (Phi) is 8.99. The predicted octanol–water partition coefficient (Wildman–Crippen LogP) is 8.51. The number of halogens is 3. The van der Waals surface area contributed by atoms with E-state index in [0.29, 0.717) is 21.4 Å². The second kappa shape index (κ2) is 11.3. The molecule has 0 N–H and O–H groups in total. The van der Waals surface area contributed by atoms with Gasteiger partial charge in [-0.25, -0.2) is 4.79 Å². The summed E-state index contributed by atoms with van der Waals surface area (Å²) in [6.45, 7) is 7.82. The van der Waals surface area contributed by atoms with E-state index in [1.54, 1.807) is 20.8 Å². The molecule has 0 spiro atoms. The van der Waals surface area contributed by atoms with Gasteiger partial charge in [-0.2, -0.15) is 8.78 Å². The van der Waals surface area contributed by atoms with E-state index in [4.69, 9.17) is 18.5 Å². The van der Waals surface area contributed by atoms with Crippen molar-refractivity contribution in [3.05, 3.63) is 62.9 Å². The molecule has 0 fully saturated rings. The Morgan fingerprint density at radius 2 is 1.67 bits per heavy atom. The fourth-order valence-corrected chi connectivity index (χ4v) is 7.31. The standard InChI is InChI=1S/C25H28BrF2O6PS/c1-6-32-35(30,33-7-2)25(27,28)22-20(26)18-13-17(23(29)34-24(3,4)5)14-19(21(18)36-22)31-15-16-11-9-8-10-12-16/h8-14H,6-7,15H2,1-5H3. The van der Waals surface area contributed by atoms with Crippen LogP contribution in [0.5, 0.6) is 5.75 Å². The zero-order valence-electron chi connectivity index (χ0n) is 20.6. The molecule has 196 valence electrons. The van der Waals surface area contributed by atoms with Crippen molar-refractivity contribution < 1.29 is 36.7 Å². The summed E-state index contributed by atoms with van der Waals surface area (Å²) in [5.74, 6) is -0.415. The summed E-state index contributed by atoms with van der Waals surface area (Å²) in [5, 5.41) is 0.292. The predicted molar refractivity (Wildman–Crippen MR) is 140 cm³/mol. The SMILES string of the molecule is CCOP(=O)(OCC)C(F)(F)c1sc2c(OCc3ccccc3)cc(C(=O)OC(C)(C)C)cc2c1Br. The van der Waals surface area contributed by atoms with Crippen molar-refractivity contribution >= 4 is 50.9 Å². The van der Waals surface area contributed by atoms with E-state index in [1.807, 2.05) is 30.3 Å². The number of esters is 1. The summed E-state index contributed by atoms with van der Waals surface area (Å²) in [5.41, 5.74) is -3.73. The lowest BCUT2D eigenvalue weighted by Crippen LogP contribution is -2.23. The lowest BCUT2D eigenvalue weighted by atomic mass is 10.1. The number of benzene rings is 2. The van der Waals surface area contributed by atoms with Gasteiger partial charge in [0.2, 0.25) is 0 Å². The summed E-state index contributed by atoms with van der Waals surface area (Å²) < 4.78 is 66.1. The number of ether oxygens (including phenoxy) is 2. The van der Waals surface area contributed by atoms with Crippen LogP contribution in [0.2, 0.25) is 0 Å². The van der Waals surface area contributed by atoms with Crippen molar-refractivity contribution in [2.24, 2.45) is 0 Å². The maximum absolute atomic E-state index is 15.7. The molecule has 6 nitrogen and oxygen atoms in total. The summed E-state index contributed by atoms with van der Waals surface area (Å²) in [4.78, 5) is 12.3. The Balaban J connectivity index is 2.17. The van der Waals surface area contributed by atoms with Crippen LogP contribution in [-0.4, -0.2) is 24.8 Å². The van der Waals surface area contributed by atoms with Crippen molar-refractivity contribution in [1.82, 2.24) is 0 Å². The highest BCUT2D eigenvalue weighted by molar-refractivity contribution is 9.10. The van der Waals surface area contributed by atoms with Gasteiger partial charge in [-0.1, -0.05) is 30.3 Å². The van der Waals surface area contributed by atoms with E-state index in [1.165, 1.54) is 26.0 Å². The molecule has 2 aromatic carbocycles. The van der Waals surface area contributed by atoms with E-state index in [2.05, 4.69) is 15.9 Å². The van der Waals surface area contributed by atoms with Crippen LogP contribution in [-0.2, 0) is 30.6 Å². The molecule has 36 heavy (non-hydrogen) atoms. The Morgan fingerprint density at radius 3 is 2.22 bits per heavy atom. The third-order valence-corrected chi connectivity index (χ3v) is 9.42. The van der Waals surface area contributed by atoms with Crippen molar-refractivity contribution in [3.63, 3.8) is 0 Å². The zero-order valence-corrected chi connectivity index (χ0v) is 23.9. The van der Waals surface area contributed by atoms with Crippen molar-refractivity contribution in [1.29, 1.82) is 0 Å². The first-order chi connectivity index (χ1) is 16.8. The Hall–Kier alpha value is -1.84. The minimum Gasteiger partial charge on any atom is -0.487 e. The molecule has 1 heterocycles. The molecule has 0 aliphatic heterocycles. The maximum Gasteiger partial charge on any atom is 0.405 e. The number of fused-ring (bicyclic) bond motifs is 1. The molecule has 0 radical (unpaired) electrons. The van der Waals surface area contributed by atoms with Gasteiger partial charge in [-0.05, 0) is 68.2 Å². The van der Waals surface area contributed by atoms with Crippen molar-refractivity contribution in [2.75, 3.05) is 13.2 Å². The summed E-state index contributed by atoms with van der Waals surface area (Å²) in [7, 11) is -4.85. The fourth-order valence-electron chi connectivity index (χ4n) is 3.29. The van der Waals surface area contributed by atoms with E-state index >= 15 is 8.78 Å². The molecular formula is C25H28BrF2O6PS. The minimum atomic E-state index is -4.85. The van der Waals surface area contributed by atoms with Crippen LogP contribution in [0.15, 0.2) is 46.9 Å². The average molecular weight is 605 g/mol. The van der Waals surface area contributed by atoms with E-state index in [9.17, 15) is 9.36 Å². The van der Waals surface area contributed by atoms with Crippen LogP contribution in [0, 0.1) is 0 Å². The molecular weight excluding hydrogens is 577 g/mol. The highest BCUT2D eigenvalue weighted by Gasteiger charge is 2.57. The van der Waals surface area contributed by atoms with Gasteiger partial charge in [-0.15, -0.1) is 11.3 Å². The number of alkyl halides is 2. The molecule has 11 heteroatoms. The third kappa shape index (κ3) is 6.17. The summed E-state index contributed by atoms with van der Waals surface area (Å²) in [6, 6.07) is 12.2. The van der Waals surface area contributed by atoms with E-state index < -0.39 is 29.7 Å². The average Bonchev–Trinajstić information content (AvgIpc) is 3.14. The van der Waals surface area contributed by atoms with Crippen LogP contribution in [0.4, 0.5) is 8.78 Å². The van der Waals surface area contributed by atoms with Gasteiger partial charge < -0.3 is 18.5 Å². The molecule has 0 saturated heterocycles. The molecule has 0 atom stereocenters. The molecule has 1 aromatic heterocycles. The largest absolute Gasteiger partial charge is 0.487 e. The number of hydrogen-bond acceptors (Lipinski definition) is 7. The third-order valence-electron chi connectivity index (χ3n) is 4.78. The van der Waals surface area contributed by atoms with Crippen molar-refractivity contribution in [2.45, 2.75) is 52.5 Å². The number of hydrogen-bond donors (Lipinski definition) is 0. The number of carbonyl (C=O) groups excluding carboxylic acids is 1. The van der Waals surface area contributed by atoms with Crippen LogP contribution in [0.3, 0.4) is 0 Å². The fraction of sp³-hybridized carbons (Fsp3) is 0.400. The second-order valence-electron chi connectivity index (χ2n) is 8.75. The van der Waals surface area contributed by atoms with Gasteiger partial charge in [-0.3, -0.25) is 4.57 Å². The Morgan fingerprint density at radius 1 is 1.06 bits per heavy atom. The highest BCUT2D eigenvalue weighted by Crippen LogP contribution is 2.69. The number of rotatable bonds is 10. The van der Waals surface area contributed by atoms with Crippen LogP contribution in [0.1, 0.15) is 55.4 Å². The van der Waals surface area contributed by atoms with Gasteiger partial charge in [0, 0.05) is 9.86 Å². The first-order valence-corrected chi connectivity index (χ1v) is 14.4. The highest BCUT2D eigenvalue weighted by atomic mass is 79.9. The number of carbonyl (C=O) groups is 1. The van der Waals surface area contributed by atoms with Crippen LogP contribution in [0.25, 0.3) is 10.1 Å². The maximum atomic E-state index is 15.7. The topological polar surface area (TPSA) is 71.1 Å². The van der Waals surface area contributed by atoms with Crippen molar-refractivity contribution in [3.8, 4) is 5.75 Å². The van der Waals surface area contributed by atoms with Gasteiger partial charge in [0.1, 0.15) is 22.8 Å². The quantitative estimate of drug-likeness (QED) is 0.171. The summed E-state index contributed by atoms with van der Waals surface area (Å²) in [6.07, 6.45) is 0. The molecule has 0 unspecified atom stereocenters. The Bertz CT molecular complexity index is 1260. The molecule has 0 aliphatic carbocycles. The zero-order chi connectivity index (χ0) is 26.7. The number of thiophene rings is 1. The van der Waals surface area contributed by atoms with Gasteiger partial charge in [0.05, 0.1) is 23.5 Å². The monoisotopic (exact) mass is 604 g/mol. The molecule has 0 saturated carbocycles. The van der Waals surface area contributed by atoms with E-state index in [0.717, 1.165) is 5.56 Å². The molecule has 0 aliphatic rings. The van der Waals surface area contributed by atoms with Gasteiger partial charge in [0.25, 0.3) is 0 Å². The minimum absolute atomic E-state index is 0.0258. The normalized spacial score (nSPS) is 12.7. The molecule has 0 amide bonds. The van der Waals surface area contributed by atoms with Crippen LogP contribution < -0.4 is 4.74 Å². The Labute approximate surface area is 221 Å². The lowest BCUT2D eigenvalue weighted by molar-refractivity contribution is 0.00692. The first-order valence-electron chi connectivity index (χ1n) is 11.3. The van der Waals surface area contributed by atoms with Gasteiger partial charge in [0.15, 0.2) is 0 Å². The van der Waals surface area contributed by atoms with Crippen LogP contribution >= 0.6 is 34.9 Å². The second-order valence-corrected chi connectivity index (χ2v) is 12.6. The first kappa shape index (κ1) is 28.7. The molecule has 3 aromatic rings. The smallest absolute Gasteiger partial charge is 0.405 e. The lowest BCUT2D eigenvalue weighted by Gasteiger charge is -2.25. The summed E-state index contributed by atoms with van der Waals surface area (Å²) >= 11 is 3.95. The van der Waals surface area contributed by atoms with E-state index in [-0.39, 0.29) is 35.6 Å².